The van der Waals surface area contributed by atoms with Gasteiger partial charge in [-0.1, -0.05) is 0 Å². The molecule has 2 saturated heterocycles. The molecule has 1 aromatic heterocycles. The monoisotopic (exact) mass is 358 g/mol. The Kier molecular flexibility index (Phi) is 5.21. The first-order valence-corrected chi connectivity index (χ1v) is 9.33. The Morgan fingerprint density at radius 3 is 2.42 bits per heavy atom. The fourth-order valence-corrected chi connectivity index (χ4v) is 3.93. The van der Waals surface area contributed by atoms with Gasteiger partial charge in [-0.15, -0.1) is 0 Å². The van der Waals surface area contributed by atoms with E-state index in [0.717, 1.165) is 13.1 Å². The van der Waals surface area contributed by atoms with Crippen molar-refractivity contribution in [3.63, 3.8) is 0 Å². The van der Waals surface area contributed by atoms with Crippen molar-refractivity contribution in [3.05, 3.63) is 17.9 Å². The van der Waals surface area contributed by atoms with Crippen LogP contribution in [0.4, 0.5) is 0 Å². The largest absolute Gasteiger partial charge is 0.438 e. The second kappa shape index (κ2) is 7.19. The summed E-state index contributed by atoms with van der Waals surface area (Å²) >= 11 is 0. The number of piperazine rings is 1. The topological polar surface area (TPSA) is 95.3 Å². The molecule has 0 aliphatic carbocycles. The van der Waals surface area contributed by atoms with E-state index in [1.165, 1.54) is 16.4 Å². The third-order valence-electron chi connectivity index (χ3n) is 4.13. The molecule has 10 heteroatoms. The van der Waals surface area contributed by atoms with Gasteiger partial charge in [0.1, 0.15) is 0 Å². The van der Waals surface area contributed by atoms with Gasteiger partial charge < -0.3 is 14.1 Å². The van der Waals surface area contributed by atoms with Crippen molar-refractivity contribution in [2.45, 2.75) is 5.09 Å². The minimum atomic E-state index is -3.73. The van der Waals surface area contributed by atoms with Gasteiger partial charge >= 0.3 is 5.91 Å². The number of hydrazine groups is 1. The van der Waals surface area contributed by atoms with Gasteiger partial charge in [0.15, 0.2) is 5.76 Å². The number of nitrogens with zero attached hydrogens (tertiary/aromatic N) is 3. The molecule has 1 amide bonds. The number of amides is 1. The van der Waals surface area contributed by atoms with E-state index in [9.17, 15) is 13.2 Å². The lowest BCUT2D eigenvalue weighted by atomic mass is 10.4. The summed E-state index contributed by atoms with van der Waals surface area (Å²) in [4.78, 5) is 14.4. The van der Waals surface area contributed by atoms with Gasteiger partial charge in [-0.05, 0) is 19.2 Å². The molecule has 24 heavy (non-hydrogen) atoms. The first-order chi connectivity index (χ1) is 11.5. The highest BCUT2D eigenvalue weighted by Gasteiger charge is 2.30. The molecule has 9 nitrogen and oxygen atoms in total. The van der Waals surface area contributed by atoms with Gasteiger partial charge in [0.05, 0.1) is 13.2 Å². The Bertz CT molecular complexity index is 675. The lowest BCUT2D eigenvalue weighted by Gasteiger charge is -2.32. The summed E-state index contributed by atoms with van der Waals surface area (Å²) in [6, 6.07) is 2.71. The predicted octanol–water partition coefficient (Wildman–Crippen LogP) is -0.807. The maximum atomic E-state index is 12.5. The highest BCUT2D eigenvalue weighted by atomic mass is 32.2. The third-order valence-corrected chi connectivity index (χ3v) is 5.91. The zero-order valence-corrected chi connectivity index (χ0v) is 14.4. The first kappa shape index (κ1) is 17.4. The van der Waals surface area contributed by atoms with Crippen LogP contribution in [-0.2, 0) is 14.8 Å². The lowest BCUT2D eigenvalue weighted by molar-refractivity contribution is 0.0629. The Morgan fingerprint density at radius 2 is 1.75 bits per heavy atom. The maximum Gasteiger partial charge on any atom is 0.301 e. The first-order valence-electron chi connectivity index (χ1n) is 7.89. The number of morpholine rings is 1. The van der Waals surface area contributed by atoms with Crippen LogP contribution in [-0.4, -0.2) is 88.1 Å². The van der Waals surface area contributed by atoms with E-state index >= 15 is 0 Å². The molecule has 0 bridgehead atoms. The number of ether oxygens (including phenoxy) is 1. The molecule has 2 aliphatic heterocycles. The van der Waals surface area contributed by atoms with E-state index in [-0.39, 0.29) is 23.9 Å². The molecule has 3 rings (SSSR count). The summed E-state index contributed by atoms with van der Waals surface area (Å²) in [6.07, 6.45) is 0. The second-order valence-corrected chi connectivity index (χ2v) is 7.74. The number of hydrogen-bond donors (Lipinski definition) is 1. The Hall–Kier alpha value is -1.46. The van der Waals surface area contributed by atoms with E-state index in [0.29, 0.717) is 26.3 Å². The van der Waals surface area contributed by atoms with E-state index in [4.69, 9.17) is 9.15 Å². The van der Waals surface area contributed by atoms with Gasteiger partial charge in [0.25, 0.3) is 10.0 Å². The van der Waals surface area contributed by atoms with Crippen LogP contribution in [0.3, 0.4) is 0 Å². The molecule has 0 atom stereocenters. The molecule has 2 fully saturated rings. The minimum absolute atomic E-state index is 0.0132. The summed E-state index contributed by atoms with van der Waals surface area (Å²) in [6.45, 7) is 4.42. The average molecular weight is 358 g/mol. The summed E-state index contributed by atoms with van der Waals surface area (Å²) in [5, 5.41) is 1.59. The Morgan fingerprint density at radius 1 is 1.08 bits per heavy atom. The van der Waals surface area contributed by atoms with E-state index in [2.05, 4.69) is 10.3 Å². The Balaban J connectivity index is 1.65. The van der Waals surface area contributed by atoms with Crippen molar-refractivity contribution < 1.29 is 22.4 Å². The zero-order chi connectivity index (χ0) is 17.2. The summed E-state index contributed by atoms with van der Waals surface area (Å²) in [5.74, 6) is -0.455. The molecule has 1 N–H and O–H groups in total. The quantitative estimate of drug-likeness (QED) is 0.752. The zero-order valence-electron chi connectivity index (χ0n) is 13.6. The average Bonchev–Trinajstić information content (AvgIpc) is 3.09. The summed E-state index contributed by atoms with van der Waals surface area (Å²) in [5.41, 5.74) is 2.75. The van der Waals surface area contributed by atoms with Crippen molar-refractivity contribution in [2.75, 3.05) is 59.5 Å². The van der Waals surface area contributed by atoms with Crippen LogP contribution in [0, 0.1) is 0 Å². The fraction of sp³-hybridized carbons (Fsp3) is 0.643. The maximum absolute atomic E-state index is 12.5. The van der Waals surface area contributed by atoms with Gasteiger partial charge in [0.2, 0.25) is 5.09 Å². The third kappa shape index (κ3) is 3.78. The van der Waals surface area contributed by atoms with Crippen LogP contribution in [0.1, 0.15) is 10.6 Å². The van der Waals surface area contributed by atoms with Crippen molar-refractivity contribution in [2.24, 2.45) is 0 Å². The van der Waals surface area contributed by atoms with Crippen molar-refractivity contribution >= 4 is 15.9 Å². The summed E-state index contributed by atoms with van der Waals surface area (Å²) < 4.78 is 36.7. The van der Waals surface area contributed by atoms with Crippen LogP contribution in [0.25, 0.3) is 0 Å². The number of sulfonamides is 1. The van der Waals surface area contributed by atoms with Gasteiger partial charge in [-0.25, -0.2) is 13.4 Å². The number of likely N-dealkylation sites (N-methyl/N-ethyl adjacent to an activating group) is 1. The molecular formula is C14H22N4O5S. The standard InChI is InChI=1S/C14H22N4O5S/c1-16-4-6-17(7-5-16)15-14(19)12-2-3-13(23-12)24(20,21)18-8-10-22-11-9-18/h2-3H,4-11H2,1H3,(H,15,19). The molecule has 0 radical (unpaired) electrons. The van der Waals surface area contributed by atoms with E-state index in [1.807, 2.05) is 7.05 Å². The Labute approximate surface area is 141 Å². The smallest absolute Gasteiger partial charge is 0.301 e. The molecule has 3 heterocycles. The molecule has 0 unspecified atom stereocenters. The molecule has 1 aromatic rings. The summed E-state index contributed by atoms with van der Waals surface area (Å²) in [7, 11) is -1.71. The molecule has 0 spiro atoms. The molecular weight excluding hydrogens is 336 g/mol. The number of carbonyl (C=O) groups is 1. The van der Waals surface area contributed by atoms with Gasteiger partial charge in [0, 0.05) is 39.3 Å². The number of furan rings is 1. The minimum Gasteiger partial charge on any atom is -0.438 e. The van der Waals surface area contributed by atoms with Gasteiger partial charge in [-0.3, -0.25) is 10.2 Å². The second-order valence-electron chi connectivity index (χ2n) is 5.87. The number of hydrogen-bond acceptors (Lipinski definition) is 7. The highest BCUT2D eigenvalue weighted by molar-refractivity contribution is 7.89. The van der Waals surface area contributed by atoms with Crippen LogP contribution in [0.15, 0.2) is 21.6 Å². The van der Waals surface area contributed by atoms with Crippen LogP contribution in [0.5, 0.6) is 0 Å². The number of nitrogens with one attached hydrogen (secondary N) is 1. The normalized spacial score (nSPS) is 21.7. The van der Waals surface area contributed by atoms with E-state index < -0.39 is 15.9 Å². The number of rotatable bonds is 4. The SMILES string of the molecule is CN1CCN(NC(=O)c2ccc(S(=O)(=O)N3CCOCC3)o2)CC1. The van der Waals surface area contributed by atoms with E-state index in [1.54, 1.807) is 5.01 Å². The predicted molar refractivity (Wildman–Crippen MR) is 84.8 cm³/mol. The van der Waals surface area contributed by atoms with Crippen LogP contribution in [0.2, 0.25) is 0 Å². The highest BCUT2D eigenvalue weighted by Crippen LogP contribution is 2.20. The molecule has 0 saturated carbocycles. The number of carbonyl (C=O) groups excluding carboxylic acids is 1. The van der Waals surface area contributed by atoms with Gasteiger partial charge in [-0.2, -0.15) is 4.31 Å². The van der Waals surface area contributed by atoms with Crippen molar-refractivity contribution in [3.8, 4) is 0 Å². The molecule has 2 aliphatic rings. The fourth-order valence-electron chi connectivity index (χ4n) is 2.61. The molecule has 134 valence electrons. The lowest BCUT2D eigenvalue weighted by Crippen LogP contribution is -2.52. The molecule has 0 aromatic carbocycles. The van der Waals surface area contributed by atoms with Crippen LogP contribution >= 0.6 is 0 Å². The van der Waals surface area contributed by atoms with Crippen molar-refractivity contribution in [1.29, 1.82) is 0 Å². The van der Waals surface area contributed by atoms with Crippen molar-refractivity contribution in [1.82, 2.24) is 19.6 Å². The van der Waals surface area contributed by atoms with Crippen LogP contribution < -0.4 is 5.43 Å².